The van der Waals surface area contributed by atoms with Gasteiger partial charge in [0.2, 0.25) is 5.78 Å². The number of piperazine rings is 1. The molecule has 1 N–H and O–H groups in total. The molecule has 2 aromatic carbocycles. The average molecular weight is 420 g/mol. The molecule has 2 aliphatic rings. The molecule has 1 saturated heterocycles. The minimum Gasteiger partial charge on any atom is -0.505 e. The van der Waals surface area contributed by atoms with Crippen LogP contribution in [0.25, 0.3) is 16.7 Å². The molecule has 30 heavy (non-hydrogen) atoms. The number of carbonyl (C=O) groups excluding carboxylic acids is 2. The van der Waals surface area contributed by atoms with E-state index in [0.717, 1.165) is 16.6 Å². The Hall–Kier alpha value is -3.38. The van der Waals surface area contributed by atoms with Gasteiger partial charge in [0, 0.05) is 59.6 Å². The molecule has 0 spiro atoms. The fourth-order valence-electron chi connectivity index (χ4n) is 4.20. The number of rotatable bonds is 2. The normalized spacial score (nSPS) is 17.0. The van der Waals surface area contributed by atoms with Crippen LogP contribution < -0.4 is 4.90 Å². The lowest BCUT2D eigenvalue weighted by Crippen LogP contribution is -2.48. The van der Waals surface area contributed by atoms with Crippen molar-refractivity contribution in [3.63, 3.8) is 0 Å². The number of hydrogen-bond acceptors (Lipinski definition) is 6. The maximum atomic E-state index is 12.7. The molecule has 6 nitrogen and oxygen atoms in total. The number of benzene rings is 2. The molecular weight excluding hydrogens is 402 g/mol. The number of aliphatic hydroxyl groups is 1. The van der Waals surface area contributed by atoms with E-state index in [9.17, 15) is 14.7 Å². The molecule has 3 aromatic rings. The maximum Gasteiger partial charge on any atom is 0.253 e. The third kappa shape index (κ3) is 2.92. The molecule has 0 bridgehead atoms. The molecule has 7 heteroatoms. The number of halogens is 1. The highest BCUT2D eigenvalue weighted by atomic mass is 35.5. The van der Waals surface area contributed by atoms with Crippen LogP contribution in [0.5, 0.6) is 0 Å². The first-order valence-electron chi connectivity index (χ1n) is 9.70. The van der Waals surface area contributed by atoms with Crippen molar-refractivity contribution in [1.29, 1.82) is 0 Å². The summed E-state index contributed by atoms with van der Waals surface area (Å²) >= 11 is 6.09. The third-order valence-electron chi connectivity index (χ3n) is 5.69. The minimum atomic E-state index is -0.649. The molecule has 0 saturated carbocycles. The quantitative estimate of drug-likeness (QED) is 0.638. The number of pyridine rings is 1. The van der Waals surface area contributed by atoms with Gasteiger partial charge in [-0.05, 0) is 24.3 Å². The predicted molar refractivity (Wildman–Crippen MR) is 116 cm³/mol. The highest BCUT2D eigenvalue weighted by Crippen LogP contribution is 2.32. The van der Waals surface area contributed by atoms with Crippen LogP contribution in [0.3, 0.4) is 0 Å². The molecule has 1 fully saturated rings. The minimum absolute atomic E-state index is 0.102. The highest BCUT2D eigenvalue weighted by molar-refractivity contribution is 6.52. The molecule has 1 aromatic heterocycles. The summed E-state index contributed by atoms with van der Waals surface area (Å²) in [4.78, 5) is 33.7. The van der Waals surface area contributed by atoms with Crippen LogP contribution in [0.2, 0.25) is 5.02 Å². The van der Waals surface area contributed by atoms with E-state index in [4.69, 9.17) is 11.6 Å². The fraction of sp³-hybridized carbons (Fsp3) is 0.174. The van der Waals surface area contributed by atoms with Crippen LogP contribution in [0.4, 0.5) is 5.69 Å². The van der Waals surface area contributed by atoms with Crippen molar-refractivity contribution in [2.75, 3.05) is 31.1 Å². The first-order valence-corrected chi connectivity index (χ1v) is 10.1. The van der Waals surface area contributed by atoms with Gasteiger partial charge in [0.25, 0.3) is 5.78 Å². The largest absolute Gasteiger partial charge is 0.505 e. The van der Waals surface area contributed by atoms with Crippen LogP contribution in [0.1, 0.15) is 15.9 Å². The summed E-state index contributed by atoms with van der Waals surface area (Å²) in [7, 11) is 0. The number of fused-ring (bicyclic) bond motifs is 2. The summed E-state index contributed by atoms with van der Waals surface area (Å²) in [6.07, 6.45) is 1.76. The Kier molecular flexibility index (Phi) is 4.44. The Labute approximate surface area is 178 Å². The summed E-state index contributed by atoms with van der Waals surface area (Å²) < 4.78 is 0. The van der Waals surface area contributed by atoms with Crippen molar-refractivity contribution in [2.24, 2.45) is 0 Å². The zero-order valence-corrected chi connectivity index (χ0v) is 16.8. The highest BCUT2D eigenvalue weighted by Gasteiger charge is 2.36. The van der Waals surface area contributed by atoms with Crippen molar-refractivity contribution in [1.82, 2.24) is 9.88 Å². The monoisotopic (exact) mass is 419 g/mol. The lowest BCUT2D eigenvalue weighted by atomic mass is 9.91. The lowest BCUT2D eigenvalue weighted by Gasteiger charge is -2.39. The fourth-order valence-corrected chi connectivity index (χ4v) is 4.37. The van der Waals surface area contributed by atoms with Crippen LogP contribution in [-0.4, -0.2) is 52.7 Å². The zero-order valence-electron chi connectivity index (χ0n) is 16.0. The number of aliphatic hydroxyl groups excluding tert-OH is 1. The smallest absolute Gasteiger partial charge is 0.253 e. The van der Waals surface area contributed by atoms with Crippen molar-refractivity contribution in [3.05, 3.63) is 76.6 Å². The van der Waals surface area contributed by atoms with Gasteiger partial charge in [-0.25, -0.2) is 0 Å². The Balaban J connectivity index is 1.43. The van der Waals surface area contributed by atoms with Gasteiger partial charge in [0.1, 0.15) is 5.70 Å². The van der Waals surface area contributed by atoms with Gasteiger partial charge in [0.05, 0.1) is 5.52 Å². The van der Waals surface area contributed by atoms with Crippen molar-refractivity contribution in [3.8, 4) is 0 Å². The third-order valence-corrected chi connectivity index (χ3v) is 5.93. The topological polar surface area (TPSA) is 73.7 Å². The van der Waals surface area contributed by atoms with Gasteiger partial charge < -0.3 is 14.9 Å². The van der Waals surface area contributed by atoms with Gasteiger partial charge in [-0.3, -0.25) is 14.6 Å². The van der Waals surface area contributed by atoms with Gasteiger partial charge >= 0.3 is 0 Å². The number of nitrogens with zero attached hydrogens (tertiary/aromatic N) is 3. The van der Waals surface area contributed by atoms with Crippen LogP contribution in [0.15, 0.2) is 60.4 Å². The summed E-state index contributed by atoms with van der Waals surface area (Å²) in [6, 6.07) is 14.3. The number of aromatic nitrogens is 1. The number of anilines is 1. The summed E-state index contributed by atoms with van der Waals surface area (Å²) in [5, 5.41) is 12.4. The second-order valence-electron chi connectivity index (χ2n) is 7.37. The van der Waals surface area contributed by atoms with Crippen LogP contribution in [-0.2, 0) is 4.79 Å². The first kappa shape index (κ1) is 18.6. The summed E-state index contributed by atoms with van der Waals surface area (Å²) in [5.41, 5.74) is 2.64. The Morgan fingerprint density at radius 1 is 0.867 bits per heavy atom. The standard InChI is InChI=1S/C23H18ClN3O3/c24-14-5-6-17-18(13-14)25-8-7-19(17)26-9-11-27(12-10-26)20-21(28)15-3-1-2-4-16(15)22(29)23(20)30/h1-8,13,28H,9-12H2. The van der Waals surface area contributed by atoms with Gasteiger partial charge in [0.15, 0.2) is 5.76 Å². The summed E-state index contributed by atoms with van der Waals surface area (Å²) in [6.45, 7) is 2.30. The molecule has 0 radical (unpaired) electrons. The molecule has 150 valence electrons. The van der Waals surface area contributed by atoms with E-state index in [1.165, 1.54) is 0 Å². The molecule has 0 atom stereocenters. The van der Waals surface area contributed by atoms with Crippen molar-refractivity contribution in [2.45, 2.75) is 0 Å². The lowest BCUT2D eigenvalue weighted by molar-refractivity contribution is -0.113. The number of allylic oxidation sites excluding steroid dienone is 1. The van der Waals surface area contributed by atoms with Gasteiger partial charge in [-0.15, -0.1) is 0 Å². The molecule has 1 aliphatic carbocycles. The van der Waals surface area contributed by atoms with Gasteiger partial charge in [-0.1, -0.05) is 35.9 Å². The van der Waals surface area contributed by atoms with Crippen LogP contribution in [0, 0.1) is 0 Å². The molecule has 0 amide bonds. The Morgan fingerprint density at radius 2 is 1.57 bits per heavy atom. The Bertz CT molecular complexity index is 1230. The molecule has 1 aliphatic heterocycles. The molecule has 2 heterocycles. The predicted octanol–water partition coefficient (Wildman–Crippen LogP) is 3.70. The second kappa shape index (κ2) is 7.15. The van der Waals surface area contributed by atoms with E-state index in [-0.39, 0.29) is 17.0 Å². The van der Waals surface area contributed by atoms with E-state index in [2.05, 4.69) is 9.88 Å². The van der Waals surface area contributed by atoms with E-state index >= 15 is 0 Å². The maximum absolute atomic E-state index is 12.7. The van der Waals surface area contributed by atoms with E-state index in [0.29, 0.717) is 36.8 Å². The summed E-state index contributed by atoms with van der Waals surface area (Å²) in [5.74, 6) is -1.34. The second-order valence-corrected chi connectivity index (χ2v) is 7.80. The van der Waals surface area contributed by atoms with Crippen LogP contribution >= 0.6 is 11.6 Å². The van der Waals surface area contributed by atoms with Crippen molar-refractivity contribution < 1.29 is 14.7 Å². The molecule has 5 rings (SSSR count). The first-order chi connectivity index (χ1) is 14.5. The van der Waals surface area contributed by atoms with E-state index in [1.807, 2.05) is 29.2 Å². The van der Waals surface area contributed by atoms with E-state index in [1.54, 1.807) is 30.5 Å². The van der Waals surface area contributed by atoms with Gasteiger partial charge in [-0.2, -0.15) is 0 Å². The zero-order chi connectivity index (χ0) is 20.8. The SMILES string of the molecule is O=C1C(=O)c2ccccc2C(O)=C1N1CCN(c2ccnc3cc(Cl)ccc23)CC1. The van der Waals surface area contributed by atoms with E-state index < -0.39 is 11.6 Å². The average Bonchev–Trinajstić information content (AvgIpc) is 2.77. The number of carbonyl (C=O) groups is 2. The molecule has 0 unspecified atom stereocenters. The number of Topliss-reactive ketones (excluding diaryl/α,β-unsaturated/α-hetero) is 2. The number of hydrogen-bond donors (Lipinski definition) is 1. The Morgan fingerprint density at radius 3 is 2.33 bits per heavy atom. The van der Waals surface area contributed by atoms with Crippen molar-refractivity contribution >= 4 is 45.5 Å². The number of ketones is 2. The molecular formula is C23H18ClN3O3.